The number of unbranched alkanes of at least 4 members (excludes halogenated alkanes) is 12. The van der Waals surface area contributed by atoms with Crippen molar-refractivity contribution in [2.24, 2.45) is 5.73 Å². The van der Waals surface area contributed by atoms with E-state index in [1.54, 1.807) is 0 Å². The first-order chi connectivity index (χ1) is 17.2. The standard InChI is InChI=1S/C25H50NO9P/c1-3-5-7-9-10-11-12-14-16-18-24(28)34-22(21-33-36(30,31)35-25(29)19-26)20-32-23(27)17-15-13-8-6-4-2/h22,25,29H,3-21,26H2,1-2H3,(H,30,31)/t22-,25+/m1/s1. The number of ether oxygens (including phenoxy) is 2. The summed E-state index contributed by atoms with van der Waals surface area (Å²) in [6.07, 6.45) is 12.6. The first kappa shape index (κ1) is 35.0. The average Bonchev–Trinajstić information content (AvgIpc) is 2.84. The molecular formula is C25H50NO9P. The highest BCUT2D eigenvalue weighted by molar-refractivity contribution is 7.47. The summed E-state index contributed by atoms with van der Waals surface area (Å²) in [5, 5.41) is 9.32. The number of hydrogen-bond donors (Lipinski definition) is 3. The Bertz CT molecular complexity index is 606. The Labute approximate surface area is 217 Å². The van der Waals surface area contributed by atoms with Crippen LogP contribution in [0.5, 0.6) is 0 Å². The van der Waals surface area contributed by atoms with Gasteiger partial charge in [-0.15, -0.1) is 0 Å². The van der Waals surface area contributed by atoms with Crippen LogP contribution in [-0.2, 0) is 32.7 Å². The van der Waals surface area contributed by atoms with Crippen molar-refractivity contribution in [3.05, 3.63) is 0 Å². The first-order valence-corrected chi connectivity index (χ1v) is 15.1. The summed E-state index contributed by atoms with van der Waals surface area (Å²) in [6.45, 7) is 3.05. The van der Waals surface area contributed by atoms with Gasteiger partial charge in [-0.25, -0.2) is 4.57 Å². The van der Waals surface area contributed by atoms with Gasteiger partial charge in [-0.3, -0.25) is 18.6 Å². The van der Waals surface area contributed by atoms with Crippen LogP contribution in [0.15, 0.2) is 0 Å². The van der Waals surface area contributed by atoms with Crippen LogP contribution in [0.3, 0.4) is 0 Å². The van der Waals surface area contributed by atoms with E-state index in [1.165, 1.54) is 32.1 Å². The third-order valence-corrected chi connectivity index (χ3v) is 6.56. The van der Waals surface area contributed by atoms with Crippen LogP contribution in [0.25, 0.3) is 0 Å². The van der Waals surface area contributed by atoms with E-state index in [0.717, 1.165) is 44.9 Å². The third-order valence-electron chi connectivity index (χ3n) is 5.58. The molecule has 0 rings (SSSR count). The molecule has 4 N–H and O–H groups in total. The van der Waals surface area contributed by atoms with Crippen molar-refractivity contribution in [3.63, 3.8) is 0 Å². The van der Waals surface area contributed by atoms with Gasteiger partial charge in [0.25, 0.3) is 0 Å². The Hall–Kier alpha value is -1.03. The van der Waals surface area contributed by atoms with Gasteiger partial charge in [-0.1, -0.05) is 90.9 Å². The smallest absolute Gasteiger partial charge is 0.462 e. The minimum Gasteiger partial charge on any atom is -0.462 e. The molecule has 36 heavy (non-hydrogen) atoms. The number of carbonyl (C=O) groups is 2. The molecule has 11 heteroatoms. The highest BCUT2D eigenvalue weighted by atomic mass is 31.2. The van der Waals surface area contributed by atoms with Gasteiger partial charge in [0.1, 0.15) is 6.61 Å². The number of aliphatic hydroxyl groups excluding tert-OH is 1. The molecule has 0 saturated carbocycles. The van der Waals surface area contributed by atoms with E-state index in [2.05, 4.69) is 18.4 Å². The number of rotatable bonds is 25. The van der Waals surface area contributed by atoms with Gasteiger partial charge in [-0.05, 0) is 12.8 Å². The molecule has 0 aliphatic rings. The van der Waals surface area contributed by atoms with Crippen LogP contribution in [0, 0.1) is 0 Å². The minimum atomic E-state index is -4.64. The summed E-state index contributed by atoms with van der Waals surface area (Å²) in [7, 11) is -4.64. The second-order valence-corrected chi connectivity index (χ2v) is 10.5. The van der Waals surface area contributed by atoms with Crippen LogP contribution in [0.1, 0.15) is 117 Å². The molecule has 0 spiro atoms. The average molecular weight is 540 g/mol. The molecule has 0 aromatic rings. The molecule has 10 nitrogen and oxygen atoms in total. The van der Waals surface area contributed by atoms with Gasteiger partial charge in [0.05, 0.1) is 6.61 Å². The Morgan fingerprint density at radius 1 is 0.778 bits per heavy atom. The largest absolute Gasteiger partial charge is 0.474 e. The van der Waals surface area contributed by atoms with Crippen LogP contribution >= 0.6 is 7.82 Å². The van der Waals surface area contributed by atoms with Gasteiger partial charge in [-0.2, -0.15) is 0 Å². The zero-order valence-corrected chi connectivity index (χ0v) is 23.3. The zero-order chi connectivity index (χ0) is 27.1. The van der Waals surface area contributed by atoms with Crippen LogP contribution in [0.4, 0.5) is 0 Å². The van der Waals surface area contributed by atoms with E-state index in [1.807, 2.05) is 0 Å². The maximum Gasteiger partial charge on any atom is 0.474 e. The highest BCUT2D eigenvalue weighted by Gasteiger charge is 2.28. The maximum atomic E-state index is 12.3. The van der Waals surface area contributed by atoms with Crippen LogP contribution in [-0.4, -0.2) is 54.1 Å². The Morgan fingerprint density at radius 2 is 1.25 bits per heavy atom. The minimum absolute atomic E-state index is 0.191. The second-order valence-electron chi connectivity index (χ2n) is 9.10. The SMILES string of the molecule is CCCCCCCCCCCC(=O)O[C@H](COC(=O)CCCCCCC)COP(=O)(O)O[C@H](O)CN. The number of carbonyl (C=O) groups excluding carboxylic acids is 2. The van der Waals surface area contributed by atoms with Crippen molar-refractivity contribution in [3.8, 4) is 0 Å². The van der Waals surface area contributed by atoms with Gasteiger partial charge in [0.2, 0.25) is 0 Å². The number of nitrogens with two attached hydrogens (primary N) is 1. The summed E-state index contributed by atoms with van der Waals surface area (Å²) >= 11 is 0. The first-order valence-electron chi connectivity index (χ1n) is 13.6. The van der Waals surface area contributed by atoms with E-state index in [9.17, 15) is 24.2 Å². The molecule has 0 aromatic heterocycles. The summed E-state index contributed by atoms with van der Waals surface area (Å²) in [5.41, 5.74) is 5.16. The molecule has 0 radical (unpaired) electrons. The molecule has 0 fully saturated rings. The fourth-order valence-corrected chi connectivity index (χ4v) is 4.29. The number of esters is 2. The lowest BCUT2D eigenvalue weighted by Crippen LogP contribution is -2.30. The lowest BCUT2D eigenvalue weighted by Gasteiger charge is -2.20. The van der Waals surface area contributed by atoms with Gasteiger partial charge >= 0.3 is 19.8 Å². The Morgan fingerprint density at radius 3 is 1.75 bits per heavy atom. The van der Waals surface area contributed by atoms with Crippen LogP contribution < -0.4 is 5.73 Å². The molecule has 0 aliphatic heterocycles. The molecule has 3 atom stereocenters. The molecule has 214 valence electrons. The van der Waals surface area contributed by atoms with Crippen molar-refractivity contribution >= 4 is 19.8 Å². The normalized spacial score (nSPS) is 14.7. The van der Waals surface area contributed by atoms with E-state index >= 15 is 0 Å². The molecule has 1 unspecified atom stereocenters. The van der Waals surface area contributed by atoms with Crippen molar-refractivity contribution in [1.29, 1.82) is 0 Å². The summed E-state index contributed by atoms with van der Waals surface area (Å²) in [4.78, 5) is 34.0. The van der Waals surface area contributed by atoms with Crippen molar-refractivity contribution < 1.29 is 42.7 Å². The summed E-state index contributed by atoms with van der Waals surface area (Å²) < 4.78 is 31.8. The van der Waals surface area contributed by atoms with Crippen molar-refractivity contribution in [2.75, 3.05) is 19.8 Å². The third kappa shape index (κ3) is 22.2. The van der Waals surface area contributed by atoms with Gasteiger partial charge < -0.3 is 25.2 Å². The predicted octanol–water partition coefficient (Wildman–Crippen LogP) is 5.13. The Kier molecular flexibility index (Phi) is 22.5. The maximum absolute atomic E-state index is 12.3. The molecule has 0 aromatic carbocycles. The number of phosphoric acid groups is 1. The fraction of sp³-hybridized carbons (Fsp3) is 0.920. The second kappa shape index (κ2) is 23.1. The molecule has 0 bridgehead atoms. The number of aliphatic hydroxyl groups is 1. The lowest BCUT2D eigenvalue weighted by atomic mass is 10.1. The monoisotopic (exact) mass is 539 g/mol. The van der Waals surface area contributed by atoms with Gasteiger partial charge in [0, 0.05) is 19.4 Å². The van der Waals surface area contributed by atoms with E-state index in [0.29, 0.717) is 12.8 Å². The fourth-order valence-electron chi connectivity index (χ4n) is 3.48. The zero-order valence-electron chi connectivity index (χ0n) is 22.4. The topological polar surface area (TPSA) is 155 Å². The molecule has 0 heterocycles. The molecule has 0 saturated heterocycles. The number of hydrogen-bond acceptors (Lipinski definition) is 9. The summed E-state index contributed by atoms with van der Waals surface area (Å²) in [6, 6.07) is 0. The molecular weight excluding hydrogens is 489 g/mol. The van der Waals surface area contributed by atoms with E-state index < -0.39 is 45.3 Å². The Balaban J connectivity index is 4.48. The van der Waals surface area contributed by atoms with Crippen LogP contribution in [0.2, 0.25) is 0 Å². The molecule has 0 aliphatic carbocycles. The van der Waals surface area contributed by atoms with Crippen molar-refractivity contribution in [2.45, 2.75) is 129 Å². The van der Waals surface area contributed by atoms with E-state index in [4.69, 9.17) is 19.7 Å². The summed E-state index contributed by atoms with van der Waals surface area (Å²) in [5.74, 6) is -0.939. The molecule has 0 amide bonds. The lowest BCUT2D eigenvalue weighted by molar-refractivity contribution is -0.161. The quantitative estimate of drug-likeness (QED) is 0.0615. The highest BCUT2D eigenvalue weighted by Crippen LogP contribution is 2.44. The number of phosphoric ester groups is 1. The predicted molar refractivity (Wildman–Crippen MR) is 138 cm³/mol. The van der Waals surface area contributed by atoms with E-state index in [-0.39, 0.29) is 19.4 Å². The van der Waals surface area contributed by atoms with Crippen molar-refractivity contribution in [1.82, 2.24) is 0 Å². The van der Waals surface area contributed by atoms with Gasteiger partial charge in [0.15, 0.2) is 12.4 Å².